The summed E-state index contributed by atoms with van der Waals surface area (Å²) in [6.07, 6.45) is 4.82. The van der Waals surface area contributed by atoms with Gasteiger partial charge in [-0.25, -0.2) is 14.8 Å². The van der Waals surface area contributed by atoms with E-state index in [1.54, 1.807) is 53.7 Å². The number of ether oxygens (including phenoxy) is 3. The first-order valence-corrected chi connectivity index (χ1v) is 16.6. The van der Waals surface area contributed by atoms with E-state index >= 15 is 0 Å². The number of hydrogen-bond acceptors (Lipinski definition) is 9. The number of halogens is 4. The molecule has 4 heterocycles. The Morgan fingerprint density at radius 2 is 1.32 bits per heavy atom. The number of likely N-dealkylation sites (tertiary alicyclic amines) is 1. The van der Waals surface area contributed by atoms with Gasteiger partial charge in [-0.2, -0.15) is 0 Å². The largest absolute Gasteiger partial charge is 0.482 e. The minimum Gasteiger partial charge on any atom is -0.482 e. The van der Waals surface area contributed by atoms with E-state index in [0.29, 0.717) is 74.7 Å². The number of nitrogens with zero attached hydrogens (tertiary/aromatic N) is 3. The number of hydrogen-bond donors (Lipinski definition) is 1. The van der Waals surface area contributed by atoms with Gasteiger partial charge < -0.3 is 33.3 Å². The standard InChI is InChI=1S/C19H22Cl2N2O4.C14H14Cl2N2O2/c1-19(2,3)27-18(24)23-9-12(10-23)6-14-8-22-17(26-14)11-25-16-5-4-13(20)7-15(16)21;15-10-1-2-13(12(16)4-10)19-8-14-18-7-11(20-14)3-9-5-17-6-9/h4-5,7-8,12H,6,9-11H2,1-3H3;1-2,4,7,9,17H,3,5-6,8H2. The minimum absolute atomic E-state index is 0.177. The quantitative estimate of drug-likeness (QED) is 0.173. The van der Waals surface area contributed by atoms with Crippen LogP contribution in [0.2, 0.25) is 20.1 Å². The maximum Gasteiger partial charge on any atom is 0.410 e. The summed E-state index contributed by atoms with van der Waals surface area (Å²) in [5.74, 6) is 4.78. The van der Waals surface area contributed by atoms with E-state index in [1.165, 1.54) is 0 Å². The second kappa shape index (κ2) is 15.8. The van der Waals surface area contributed by atoms with Crippen LogP contribution in [0, 0.1) is 11.8 Å². The van der Waals surface area contributed by atoms with Gasteiger partial charge in [0.25, 0.3) is 0 Å². The van der Waals surface area contributed by atoms with Crippen LogP contribution in [0.3, 0.4) is 0 Å². The van der Waals surface area contributed by atoms with Crippen molar-refractivity contribution < 1.29 is 27.8 Å². The van der Waals surface area contributed by atoms with Gasteiger partial charge in [-0.05, 0) is 76.2 Å². The van der Waals surface area contributed by atoms with Gasteiger partial charge in [-0.3, -0.25) is 0 Å². The molecule has 0 saturated carbocycles. The van der Waals surface area contributed by atoms with E-state index in [0.717, 1.165) is 31.0 Å². The van der Waals surface area contributed by atoms with E-state index in [4.69, 9.17) is 69.4 Å². The molecule has 2 aliphatic rings. The van der Waals surface area contributed by atoms with Crippen molar-refractivity contribution >= 4 is 52.5 Å². The van der Waals surface area contributed by atoms with E-state index in [9.17, 15) is 4.79 Å². The number of benzene rings is 2. The average Bonchev–Trinajstić information content (AvgIpc) is 3.60. The molecule has 252 valence electrons. The number of rotatable bonds is 10. The fourth-order valence-corrected chi connectivity index (χ4v) is 5.64. The van der Waals surface area contributed by atoms with Crippen molar-refractivity contribution in [2.75, 3.05) is 26.2 Å². The van der Waals surface area contributed by atoms with Gasteiger partial charge in [0.2, 0.25) is 11.8 Å². The second-order valence-corrected chi connectivity index (χ2v) is 14.0. The van der Waals surface area contributed by atoms with Crippen LogP contribution < -0.4 is 14.8 Å². The SMILES string of the molecule is CC(C)(C)OC(=O)N1CC(Cc2cnc(COc3ccc(Cl)cc3Cl)o2)C1.Clc1ccc(OCc2ncc(CC3CNC3)o2)c(Cl)c1. The fourth-order valence-electron chi connectivity index (χ4n) is 4.72. The summed E-state index contributed by atoms with van der Waals surface area (Å²) in [5, 5.41) is 5.27. The molecule has 0 atom stereocenters. The van der Waals surface area contributed by atoms with E-state index in [1.807, 2.05) is 20.8 Å². The van der Waals surface area contributed by atoms with E-state index < -0.39 is 5.60 Å². The molecule has 0 bridgehead atoms. The van der Waals surface area contributed by atoms with Crippen LogP contribution in [0.25, 0.3) is 0 Å². The summed E-state index contributed by atoms with van der Waals surface area (Å²) in [7, 11) is 0. The van der Waals surface area contributed by atoms with Crippen LogP contribution in [-0.2, 0) is 30.8 Å². The summed E-state index contributed by atoms with van der Waals surface area (Å²) < 4.78 is 27.9. The number of oxazole rings is 2. The molecule has 6 rings (SSSR count). The molecular formula is C33H36Cl4N4O6. The van der Waals surface area contributed by atoms with Gasteiger partial charge in [0.1, 0.15) is 28.6 Å². The molecule has 0 unspecified atom stereocenters. The van der Waals surface area contributed by atoms with Crippen molar-refractivity contribution in [3.8, 4) is 11.5 Å². The highest BCUT2D eigenvalue weighted by molar-refractivity contribution is 6.36. The third kappa shape index (κ3) is 10.7. The van der Waals surface area contributed by atoms with Crippen LogP contribution in [0.5, 0.6) is 11.5 Å². The van der Waals surface area contributed by atoms with E-state index in [2.05, 4.69) is 15.3 Å². The zero-order chi connectivity index (χ0) is 33.6. The summed E-state index contributed by atoms with van der Waals surface area (Å²) in [5.41, 5.74) is -0.477. The summed E-state index contributed by atoms with van der Waals surface area (Å²) in [6.45, 7) is 9.41. The first-order chi connectivity index (χ1) is 22.4. The van der Waals surface area contributed by atoms with Crippen molar-refractivity contribution in [1.29, 1.82) is 0 Å². The van der Waals surface area contributed by atoms with Crippen LogP contribution >= 0.6 is 46.4 Å². The molecule has 0 radical (unpaired) electrons. The Morgan fingerprint density at radius 3 is 1.74 bits per heavy atom. The third-order valence-electron chi connectivity index (χ3n) is 7.15. The molecule has 2 aromatic carbocycles. The predicted molar refractivity (Wildman–Crippen MR) is 180 cm³/mol. The first kappa shape index (κ1) is 35.2. The van der Waals surface area contributed by atoms with Crippen molar-refractivity contribution in [3.63, 3.8) is 0 Å². The molecule has 2 aliphatic heterocycles. The lowest BCUT2D eigenvalue weighted by Crippen LogP contribution is -2.52. The van der Waals surface area contributed by atoms with Crippen LogP contribution in [0.15, 0.2) is 57.6 Å². The molecule has 14 heteroatoms. The van der Waals surface area contributed by atoms with Gasteiger partial charge in [0, 0.05) is 41.9 Å². The lowest BCUT2D eigenvalue weighted by molar-refractivity contribution is -0.00159. The maximum atomic E-state index is 11.9. The number of amides is 1. The Labute approximate surface area is 293 Å². The van der Waals surface area contributed by atoms with Crippen molar-refractivity contribution in [3.05, 3.63) is 92.2 Å². The van der Waals surface area contributed by atoms with Gasteiger partial charge in [0.05, 0.1) is 22.4 Å². The normalized spacial score (nSPS) is 14.9. The smallest absolute Gasteiger partial charge is 0.410 e. The lowest BCUT2D eigenvalue weighted by atomic mass is 9.96. The molecule has 2 aromatic heterocycles. The zero-order valence-electron chi connectivity index (χ0n) is 26.2. The molecule has 0 spiro atoms. The Kier molecular flexibility index (Phi) is 11.8. The molecule has 0 aliphatic carbocycles. The Bertz CT molecular complexity index is 1650. The topological polar surface area (TPSA) is 112 Å². The summed E-state index contributed by atoms with van der Waals surface area (Å²) >= 11 is 23.8. The molecule has 1 N–H and O–H groups in total. The number of carbonyl (C=O) groups excluding carboxylic acids is 1. The third-order valence-corrected chi connectivity index (χ3v) is 8.21. The predicted octanol–water partition coefficient (Wildman–Crippen LogP) is 8.29. The summed E-state index contributed by atoms with van der Waals surface area (Å²) in [4.78, 5) is 22.1. The highest BCUT2D eigenvalue weighted by atomic mass is 35.5. The Hall–Kier alpha value is -3.15. The van der Waals surface area contributed by atoms with Crippen molar-refractivity contribution in [1.82, 2.24) is 20.2 Å². The van der Waals surface area contributed by atoms with Crippen LogP contribution in [-0.4, -0.2) is 52.7 Å². The zero-order valence-corrected chi connectivity index (χ0v) is 29.3. The van der Waals surface area contributed by atoms with Crippen molar-refractivity contribution in [2.24, 2.45) is 11.8 Å². The number of aromatic nitrogens is 2. The molecule has 47 heavy (non-hydrogen) atoms. The molecule has 2 fully saturated rings. The number of nitrogens with one attached hydrogen (secondary N) is 1. The van der Waals surface area contributed by atoms with Crippen molar-refractivity contribution in [2.45, 2.75) is 52.4 Å². The highest BCUT2D eigenvalue weighted by Crippen LogP contribution is 2.30. The Balaban J connectivity index is 0.000000193. The summed E-state index contributed by atoms with van der Waals surface area (Å²) in [6, 6.07) is 10.1. The maximum absolute atomic E-state index is 11.9. The fraction of sp³-hybridized carbons (Fsp3) is 0.424. The molecule has 10 nitrogen and oxygen atoms in total. The van der Waals surface area contributed by atoms with Gasteiger partial charge in [-0.15, -0.1) is 0 Å². The van der Waals surface area contributed by atoms with Crippen LogP contribution in [0.4, 0.5) is 4.79 Å². The second-order valence-electron chi connectivity index (χ2n) is 12.4. The van der Waals surface area contributed by atoms with Gasteiger partial charge in [0.15, 0.2) is 13.2 Å². The number of carbonyl (C=O) groups is 1. The highest BCUT2D eigenvalue weighted by Gasteiger charge is 2.34. The molecule has 4 aromatic rings. The first-order valence-electron chi connectivity index (χ1n) is 15.1. The molecule has 1 amide bonds. The van der Waals surface area contributed by atoms with Gasteiger partial charge in [-0.1, -0.05) is 46.4 Å². The average molecular weight is 726 g/mol. The molecular weight excluding hydrogens is 690 g/mol. The van der Waals surface area contributed by atoms with E-state index in [-0.39, 0.29) is 19.3 Å². The lowest BCUT2D eigenvalue weighted by Gasteiger charge is -2.39. The monoisotopic (exact) mass is 724 g/mol. The minimum atomic E-state index is -0.477. The van der Waals surface area contributed by atoms with Crippen LogP contribution in [0.1, 0.15) is 44.1 Å². The van der Waals surface area contributed by atoms with Gasteiger partial charge >= 0.3 is 6.09 Å². The molecule has 2 saturated heterocycles. The Morgan fingerprint density at radius 1 is 0.830 bits per heavy atom.